The molecule has 1 aromatic heterocycles. The maximum Gasteiger partial charge on any atom is 0.240 e. The van der Waals surface area contributed by atoms with Gasteiger partial charge in [0.25, 0.3) is 0 Å². The van der Waals surface area contributed by atoms with Crippen LogP contribution in [-0.4, -0.2) is 23.4 Å². The lowest BCUT2D eigenvalue weighted by atomic mass is 10.1. The van der Waals surface area contributed by atoms with Crippen LogP contribution in [0, 0.1) is 6.92 Å². The number of hydrogen-bond donors (Lipinski definition) is 1. The minimum atomic E-state index is -3.82. The minimum absolute atomic E-state index is 0.105. The first-order valence-corrected chi connectivity index (χ1v) is 12.1. The van der Waals surface area contributed by atoms with Gasteiger partial charge in [0.15, 0.2) is 9.84 Å². The van der Waals surface area contributed by atoms with Crippen LogP contribution in [0.1, 0.15) is 16.4 Å². The van der Waals surface area contributed by atoms with Crippen LogP contribution in [0.5, 0.6) is 0 Å². The van der Waals surface area contributed by atoms with Crippen LogP contribution in [0.15, 0.2) is 81.2 Å². The van der Waals surface area contributed by atoms with E-state index in [9.17, 15) is 16.8 Å². The van der Waals surface area contributed by atoms with Crippen molar-refractivity contribution in [3.63, 3.8) is 0 Å². The van der Waals surface area contributed by atoms with E-state index in [1.165, 1.54) is 18.2 Å². The molecule has 8 heteroatoms. The molecule has 0 aliphatic carbocycles. The Bertz CT molecular complexity index is 1090. The zero-order valence-corrected chi connectivity index (χ0v) is 17.0. The molecule has 0 fully saturated rings. The van der Waals surface area contributed by atoms with Crippen molar-refractivity contribution in [1.29, 1.82) is 0 Å². The van der Waals surface area contributed by atoms with Crippen LogP contribution in [0.25, 0.3) is 0 Å². The smallest absolute Gasteiger partial charge is 0.222 e. The summed E-state index contributed by atoms with van der Waals surface area (Å²) in [7, 11) is -7.55. The largest absolute Gasteiger partial charge is 0.240 e. The third-order valence-electron chi connectivity index (χ3n) is 4.11. The van der Waals surface area contributed by atoms with Crippen molar-refractivity contribution in [2.75, 3.05) is 6.54 Å². The molecule has 3 aromatic rings. The first kappa shape index (κ1) is 19.8. The first-order valence-electron chi connectivity index (χ1n) is 8.19. The Kier molecular flexibility index (Phi) is 5.81. The molecule has 0 unspecified atom stereocenters. The molecule has 0 bridgehead atoms. The van der Waals surface area contributed by atoms with E-state index in [0.717, 1.165) is 16.9 Å². The number of sulfonamides is 1. The number of sulfone groups is 1. The summed E-state index contributed by atoms with van der Waals surface area (Å²) < 4.78 is 54.0. The van der Waals surface area contributed by atoms with E-state index >= 15 is 0 Å². The highest BCUT2D eigenvalue weighted by Crippen LogP contribution is 2.31. The maximum atomic E-state index is 13.1. The minimum Gasteiger partial charge on any atom is -0.222 e. The van der Waals surface area contributed by atoms with Gasteiger partial charge in [0.2, 0.25) is 10.0 Å². The summed E-state index contributed by atoms with van der Waals surface area (Å²) in [5, 5.41) is 0.670. The summed E-state index contributed by atoms with van der Waals surface area (Å²) in [6.45, 7) is 1.61. The molecule has 0 spiro atoms. The van der Waals surface area contributed by atoms with E-state index in [1.54, 1.807) is 53.9 Å². The second-order valence-electron chi connectivity index (χ2n) is 6.04. The Balaban J connectivity index is 1.92. The highest BCUT2D eigenvalue weighted by Gasteiger charge is 2.31. The molecule has 1 N–H and O–H groups in total. The molecule has 0 saturated carbocycles. The van der Waals surface area contributed by atoms with Gasteiger partial charge in [-0.1, -0.05) is 54.1 Å². The second kappa shape index (κ2) is 7.93. The molecular formula is C19H19NO4S3. The van der Waals surface area contributed by atoms with Crippen molar-refractivity contribution >= 4 is 31.2 Å². The average molecular weight is 422 g/mol. The number of rotatable bonds is 7. The van der Waals surface area contributed by atoms with E-state index in [1.807, 2.05) is 6.92 Å². The topological polar surface area (TPSA) is 80.3 Å². The Labute approximate surface area is 163 Å². The summed E-state index contributed by atoms with van der Waals surface area (Å²) >= 11 is 1.12. The number of hydrogen-bond acceptors (Lipinski definition) is 5. The summed E-state index contributed by atoms with van der Waals surface area (Å²) in [5.74, 6) is 0. The molecule has 0 aliphatic rings. The maximum absolute atomic E-state index is 13.1. The van der Waals surface area contributed by atoms with Gasteiger partial charge in [-0.2, -0.15) is 0 Å². The summed E-state index contributed by atoms with van der Waals surface area (Å²) in [5.41, 5.74) is 1.48. The van der Waals surface area contributed by atoms with Crippen molar-refractivity contribution in [2.24, 2.45) is 0 Å². The van der Waals surface area contributed by atoms with Gasteiger partial charge < -0.3 is 0 Å². The fourth-order valence-corrected chi connectivity index (χ4v) is 6.65. The van der Waals surface area contributed by atoms with Gasteiger partial charge in [0, 0.05) is 6.54 Å². The molecule has 142 valence electrons. The average Bonchev–Trinajstić information content (AvgIpc) is 3.18. The van der Waals surface area contributed by atoms with Crippen LogP contribution in [0.3, 0.4) is 0 Å². The lowest BCUT2D eigenvalue weighted by molar-refractivity contribution is 0.570. The standard InChI is InChI=1S/C19H19NO4S3/c1-15-9-11-17(12-10-15)27(23,24)20-14-18(16-6-3-2-4-7-16)26(21,22)19-8-5-13-25-19/h2-13,18,20H,14H2,1H3/t18-/m1/s1. The van der Waals surface area contributed by atoms with Gasteiger partial charge in [-0.15, -0.1) is 11.3 Å². The van der Waals surface area contributed by atoms with Gasteiger partial charge in [0.1, 0.15) is 9.46 Å². The highest BCUT2D eigenvalue weighted by atomic mass is 32.2. The zero-order valence-electron chi connectivity index (χ0n) is 14.6. The predicted octanol–water partition coefficient (Wildman–Crippen LogP) is 3.55. The van der Waals surface area contributed by atoms with Crippen molar-refractivity contribution in [1.82, 2.24) is 4.72 Å². The quantitative estimate of drug-likeness (QED) is 0.633. The lowest BCUT2D eigenvalue weighted by Crippen LogP contribution is -2.31. The van der Waals surface area contributed by atoms with E-state index in [4.69, 9.17) is 0 Å². The molecule has 27 heavy (non-hydrogen) atoms. The van der Waals surface area contributed by atoms with Crippen molar-refractivity contribution in [2.45, 2.75) is 21.3 Å². The van der Waals surface area contributed by atoms with Crippen LogP contribution in [0.2, 0.25) is 0 Å². The Hall–Kier alpha value is -2.00. The first-order chi connectivity index (χ1) is 12.8. The van der Waals surface area contributed by atoms with Crippen LogP contribution < -0.4 is 4.72 Å². The van der Waals surface area contributed by atoms with Gasteiger partial charge >= 0.3 is 0 Å². The third-order valence-corrected chi connectivity index (χ3v) is 9.08. The Morgan fingerprint density at radius 2 is 1.56 bits per heavy atom. The Morgan fingerprint density at radius 1 is 0.889 bits per heavy atom. The summed E-state index contributed by atoms with van der Waals surface area (Å²) in [6, 6.07) is 18.2. The zero-order chi connectivity index (χ0) is 19.5. The molecule has 0 radical (unpaired) electrons. The highest BCUT2D eigenvalue weighted by molar-refractivity contribution is 7.93. The van der Waals surface area contributed by atoms with Gasteiger partial charge in [-0.25, -0.2) is 21.6 Å². The van der Waals surface area contributed by atoms with Crippen LogP contribution in [-0.2, 0) is 19.9 Å². The molecule has 5 nitrogen and oxygen atoms in total. The van der Waals surface area contributed by atoms with E-state index in [2.05, 4.69) is 4.72 Å². The Morgan fingerprint density at radius 3 is 2.15 bits per heavy atom. The van der Waals surface area contributed by atoms with Gasteiger partial charge in [-0.3, -0.25) is 0 Å². The summed E-state index contributed by atoms with van der Waals surface area (Å²) in [6.07, 6.45) is 0. The molecule has 0 aliphatic heterocycles. The normalized spacial score (nSPS) is 13.4. The van der Waals surface area contributed by atoms with Crippen molar-refractivity contribution in [3.8, 4) is 0 Å². The molecule has 2 aromatic carbocycles. The number of aryl methyl sites for hydroxylation is 1. The van der Waals surface area contributed by atoms with Crippen molar-refractivity contribution in [3.05, 3.63) is 83.2 Å². The van der Waals surface area contributed by atoms with Crippen molar-refractivity contribution < 1.29 is 16.8 Å². The molecule has 1 heterocycles. The van der Waals surface area contributed by atoms with E-state index < -0.39 is 25.1 Å². The lowest BCUT2D eigenvalue weighted by Gasteiger charge is -2.18. The number of thiophene rings is 1. The third kappa shape index (κ3) is 4.47. The fraction of sp³-hybridized carbons (Fsp3) is 0.158. The summed E-state index contributed by atoms with van der Waals surface area (Å²) in [4.78, 5) is 0.105. The fourth-order valence-electron chi connectivity index (χ4n) is 2.63. The number of nitrogens with one attached hydrogen (secondary N) is 1. The molecule has 1 atom stereocenters. The van der Waals surface area contributed by atoms with E-state index in [-0.39, 0.29) is 15.6 Å². The monoisotopic (exact) mass is 421 g/mol. The molecule has 3 rings (SSSR count). The van der Waals surface area contributed by atoms with Gasteiger partial charge in [0.05, 0.1) is 4.90 Å². The molecule has 0 amide bonds. The molecule has 0 saturated heterocycles. The van der Waals surface area contributed by atoms with Crippen LogP contribution >= 0.6 is 11.3 Å². The predicted molar refractivity (Wildman–Crippen MR) is 107 cm³/mol. The van der Waals surface area contributed by atoms with Crippen LogP contribution in [0.4, 0.5) is 0 Å². The second-order valence-corrected chi connectivity index (χ2v) is 11.1. The number of benzene rings is 2. The van der Waals surface area contributed by atoms with E-state index in [0.29, 0.717) is 5.56 Å². The van der Waals surface area contributed by atoms with Gasteiger partial charge in [-0.05, 0) is 36.1 Å². The SMILES string of the molecule is Cc1ccc(S(=O)(=O)NC[C@H](c2ccccc2)S(=O)(=O)c2cccs2)cc1. The molecular weight excluding hydrogens is 402 g/mol.